The first kappa shape index (κ1) is 22.0. The van der Waals surface area contributed by atoms with E-state index in [1.165, 1.54) is 6.42 Å². The van der Waals surface area contributed by atoms with Gasteiger partial charge in [-0.3, -0.25) is 14.5 Å². The molecule has 0 spiro atoms. The molecule has 2 aromatic heterocycles. The molecule has 3 heterocycles. The first-order valence-corrected chi connectivity index (χ1v) is 12.6. The number of ether oxygens (including phenoxy) is 1. The number of amides is 2. The third-order valence-electron chi connectivity index (χ3n) is 7.73. The lowest BCUT2D eigenvalue weighted by atomic mass is 9.77. The Kier molecular flexibility index (Phi) is 5.47. The Morgan fingerprint density at radius 1 is 1.21 bits per heavy atom. The van der Waals surface area contributed by atoms with E-state index >= 15 is 0 Å². The summed E-state index contributed by atoms with van der Waals surface area (Å²) in [6, 6.07) is 11.5. The lowest BCUT2D eigenvalue weighted by Crippen LogP contribution is -2.66. The first-order chi connectivity index (χ1) is 15.8. The van der Waals surface area contributed by atoms with Crippen LogP contribution in [-0.4, -0.2) is 35.1 Å². The number of methoxy groups -OCH3 is 1. The molecule has 4 atom stereocenters. The summed E-state index contributed by atoms with van der Waals surface area (Å²) < 4.78 is 8.49. The second-order valence-corrected chi connectivity index (χ2v) is 10.7. The van der Waals surface area contributed by atoms with Crippen molar-refractivity contribution < 1.29 is 14.3 Å². The lowest BCUT2D eigenvalue weighted by molar-refractivity contribution is -0.128. The standard InChI is InChI=1S/C26H31N3O3S/c1-16-7-5-10-20(17(16)2)27-25(31)26(3)15-28-21-11-12-33-23(21)14-22(28)24(30)29(26)18-8-6-9-19(13-18)32-4/h6,8-9,11-14,16-17,20H,5,7,10,15H2,1-4H3,(H,27,31)/t16-,17+,20+,26+/m0/s1. The average molecular weight is 466 g/mol. The second kappa shape index (κ2) is 8.20. The molecule has 0 radical (unpaired) electrons. The molecular weight excluding hydrogens is 434 g/mol. The third kappa shape index (κ3) is 3.53. The molecule has 2 aliphatic rings. The maximum Gasteiger partial charge on any atom is 0.275 e. The van der Waals surface area contributed by atoms with E-state index in [1.54, 1.807) is 23.3 Å². The Morgan fingerprint density at radius 2 is 2.03 bits per heavy atom. The molecule has 1 N–H and O–H groups in total. The van der Waals surface area contributed by atoms with Crippen LogP contribution >= 0.6 is 11.3 Å². The van der Waals surface area contributed by atoms with Crippen LogP contribution in [0.2, 0.25) is 0 Å². The molecular formula is C26H31N3O3S. The van der Waals surface area contributed by atoms with E-state index < -0.39 is 5.54 Å². The van der Waals surface area contributed by atoms with Crippen LogP contribution in [0, 0.1) is 11.8 Å². The van der Waals surface area contributed by atoms with Crippen molar-refractivity contribution in [3.63, 3.8) is 0 Å². The van der Waals surface area contributed by atoms with Crippen LogP contribution < -0.4 is 15.0 Å². The van der Waals surface area contributed by atoms with Crippen LogP contribution in [0.25, 0.3) is 10.2 Å². The smallest absolute Gasteiger partial charge is 0.275 e. The molecule has 0 saturated heterocycles. The number of benzene rings is 1. The maximum atomic E-state index is 14.0. The summed E-state index contributed by atoms with van der Waals surface area (Å²) in [6.07, 6.45) is 3.29. The molecule has 33 heavy (non-hydrogen) atoms. The fraction of sp³-hybridized carbons (Fsp3) is 0.462. The van der Waals surface area contributed by atoms with Crippen LogP contribution in [0.3, 0.4) is 0 Å². The number of carbonyl (C=O) groups is 2. The molecule has 6 nitrogen and oxygen atoms in total. The predicted molar refractivity (Wildman–Crippen MR) is 132 cm³/mol. The molecule has 0 bridgehead atoms. The molecule has 1 aliphatic carbocycles. The number of aromatic nitrogens is 1. The van der Waals surface area contributed by atoms with Crippen LogP contribution in [-0.2, 0) is 11.3 Å². The second-order valence-electron chi connectivity index (χ2n) is 9.75. The average Bonchev–Trinajstić information content (AvgIpc) is 3.39. The van der Waals surface area contributed by atoms with Crippen molar-refractivity contribution >= 4 is 39.1 Å². The highest BCUT2D eigenvalue weighted by atomic mass is 32.1. The van der Waals surface area contributed by atoms with Crippen molar-refractivity contribution in [1.29, 1.82) is 0 Å². The molecule has 7 heteroatoms. The summed E-state index contributed by atoms with van der Waals surface area (Å²) in [7, 11) is 1.61. The number of carbonyl (C=O) groups excluding carboxylic acids is 2. The number of nitrogens with one attached hydrogen (secondary N) is 1. The van der Waals surface area contributed by atoms with E-state index in [2.05, 4.69) is 19.2 Å². The van der Waals surface area contributed by atoms with Crippen molar-refractivity contribution in [2.45, 2.75) is 58.2 Å². The van der Waals surface area contributed by atoms with Gasteiger partial charge in [0.1, 0.15) is 17.0 Å². The molecule has 1 aromatic carbocycles. The van der Waals surface area contributed by atoms with Gasteiger partial charge in [0.05, 0.1) is 23.9 Å². The topological polar surface area (TPSA) is 63.6 Å². The van der Waals surface area contributed by atoms with Crippen LogP contribution in [0.15, 0.2) is 41.8 Å². The van der Waals surface area contributed by atoms with Gasteiger partial charge in [0.2, 0.25) is 5.91 Å². The van der Waals surface area contributed by atoms with Gasteiger partial charge in [-0.05, 0) is 54.8 Å². The molecule has 2 amide bonds. The molecule has 1 saturated carbocycles. The van der Waals surface area contributed by atoms with E-state index in [1.807, 2.05) is 53.3 Å². The SMILES string of the molecule is COc1cccc(N2C(=O)c3cc4sccc4n3C[C@]2(C)C(=O)N[C@@H]2CCC[C@H](C)[C@H]2C)c1. The van der Waals surface area contributed by atoms with Crippen LogP contribution in [0.1, 0.15) is 50.5 Å². The summed E-state index contributed by atoms with van der Waals surface area (Å²) in [4.78, 5) is 29.6. The molecule has 1 aliphatic heterocycles. The predicted octanol–water partition coefficient (Wildman–Crippen LogP) is 5.07. The van der Waals surface area contributed by atoms with E-state index in [9.17, 15) is 9.59 Å². The fourth-order valence-electron chi connectivity index (χ4n) is 5.48. The largest absolute Gasteiger partial charge is 0.497 e. The van der Waals surface area contributed by atoms with E-state index in [0.29, 0.717) is 35.5 Å². The number of thiophene rings is 1. The number of fused-ring (bicyclic) bond motifs is 3. The summed E-state index contributed by atoms with van der Waals surface area (Å²) >= 11 is 1.61. The van der Waals surface area contributed by atoms with Crippen LogP contribution in [0.5, 0.6) is 5.75 Å². The van der Waals surface area contributed by atoms with Gasteiger partial charge in [-0.25, -0.2) is 0 Å². The maximum absolute atomic E-state index is 14.0. The van der Waals surface area contributed by atoms with Gasteiger partial charge in [-0.15, -0.1) is 11.3 Å². The molecule has 3 aromatic rings. The Labute approximate surface area is 198 Å². The Balaban J connectivity index is 1.59. The van der Waals surface area contributed by atoms with Crippen LogP contribution in [0.4, 0.5) is 5.69 Å². The number of hydrogen-bond acceptors (Lipinski definition) is 4. The van der Waals surface area contributed by atoms with E-state index in [0.717, 1.165) is 23.1 Å². The van der Waals surface area contributed by atoms with Gasteiger partial charge in [0, 0.05) is 17.8 Å². The minimum Gasteiger partial charge on any atom is -0.497 e. The van der Waals surface area contributed by atoms with Gasteiger partial charge in [-0.1, -0.05) is 32.8 Å². The van der Waals surface area contributed by atoms with Crippen molar-refractivity contribution in [2.75, 3.05) is 12.0 Å². The monoisotopic (exact) mass is 465 g/mol. The van der Waals surface area contributed by atoms with E-state index in [-0.39, 0.29) is 17.9 Å². The highest BCUT2D eigenvalue weighted by Gasteiger charge is 2.49. The quantitative estimate of drug-likeness (QED) is 0.585. The van der Waals surface area contributed by atoms with E-state index in [4.69, 9.17) is 4.74 Å². The van der Waals surface area contributed by atoms with Gasteiger partial charge < -0.3 is 14.6 Å². The van der Waals surface area contributed by atoms with Gasteiger partial charge in [0.25, 0.3) is 5.91 Å². The molecule has 174 valence electrons. The van der Waals surface area contributed by atoms with Gasteiger partial charge >= 0.3 is 0 Å². The number of nitrogens with zero attached hydrogens (tertiary/aromatic N) is 2. The first-order valence-electron chi connectivity index (χ1n) is 11.7. The van der Waals surface area contributed by atoms with Gasteiger partial charge in [-0.2, -0.15) is 0 Å². The molecule has 0 unspecified atom stereocenters. The Bertz CT molecular complexity index is 1210. The summed E-state index contributed by atoms with van der Waals surface area (Å²) in [6.45, 7) is 6.77. The van der Waals surface area contributed by atoms with Crippen molar-refractivity contribution in [3.8, 4) is 5.75 Å². The highest BCUT2D eigenvalue weighted by Crippen LogP contribution is 2.39. The molecule has 1 fully saturated rings. The lowest BCUT2D eigenvalue weighted by Gasteiger charge is -2.45. The minimum atomic E-state index is -1.08. The number of rotatable bonds is 4. The number of anilines is 1. The molecule has 5 rings (SSSR count). The van der Waals surface area contributed by atoms with Crippen molar-refractivity contribution in [2.24, 2.45) is 11.8 Å². The zero-order chi connectivity index (χ0) is 23.3. The summed E-state index contributed by atoms with van der Waals surface area (Å²) in [5, 5.41) is 5.38. The normalized spacial score (nSPS) is 27.5. The van der Waals surface area contributed by atoms with Crippen molar-refractivity contribution in [3.05, 3.63) is 47.5 Å². The zero-order valence-corrected chi connectivity index (χ0v) is 20.4. The fourth-order valence-corrected chi connectivity index (χ4v) is 6.30. The Morgan fingerprint density at radius 3 is 2.82 bits per heavy atom. The Hall–Kier alpha value is -2.80. The summed E-state index contributed by atoms with van der Waals surface area (Å²) in [5.74, 6) is 1.36. The third-order valence-corrected chi connectivity index (χ3v) is 8.58. The zero-order valence-electron chi connectivity index (χ0n) is 19.6. The van der Waals surface area contributed by atoms with Gasteiger partial charge in [0.15, 0.2) is 0 Å². The number of hydrogen-bond donors (Lipinski definition) is 1. The highest BCUT2D eigenvalue weighted by molar-refractivity contribution is 7.17. The van der Waals surface area contributed by atoms with Crippen molar-refractivity contribution in [1.82, 2.24) is 9.88 Å². The minimum absolute atomic E-state index is 0.104. The summed E-state index contributed by atoms with van der Waals surface area (Å²) in [5.41, 5.74) is 1.21.